The molecule has 22 heavy (non-hydrogen) atoms. The van der Waals surface area contributed by atoms with Gasteiger partial charge in [-0.2, -0.15) is 0 Å². The third kappa shape index (κ3) is 6.27. The van der Waals surface area contributed by atoms with Gasteiger partial charge >= 0.3 is 14.8 Å². The van der Waals surface area contributed by atoms with E-state index < -0.39 is 8.80 Å². The van der Waals surface area contributed by atoms with Crippen molar-refractivity contribution >= 4 is 14.8 Å². The summed E-state index contributed by atoms with van der Waals surface area (Å²) in [6.07, 6.45) is 0.798. The number of hydrogen-bond acceptors (Lipinski definition) is 5. The summed E-state index contributed by atoms with van der Waals surface area (Å²) < 4.78 is 22.5. The summed E-state index contributed by atoms with van der Waals surface area (Å²) in [6.45, 7) is 8.99. The molecule has 0 aliphatic carbocycles. The molecule has 0 radical (unpaired) electrons. The van der Waals surface area contributed by atoms with Crippen LogP contribution >= 0.6 is 0 Å². The van der Waals surface area contributed by atoms with E-state index in [4.69, 9.17) is 18.0 Å². The van der Waals surface area contributed by atoms with Crippen LogP contribution in [0.5, 0.6) is 5.75 Å². The molecule has 5 nitrogen and oxygen atoms in total. The predicted molar refractivity (Wildman–Crippen MR) is 86.9 cm³/mol. The number of ether oxygens (including phenoxy) is 1. The van der Waals surface area contributed by atoms with Gasteiger partial charge in [-0.25, -0.2) is 0 Å². The minimum atomic E-state index is -2.60. The van der Waals surface area contributed by atoms with Crippen LogP contribution in [0.25, 0.3) is 0 Å². The molecule has 6 heteroatoms. The number of rotatable bonds is 10. The fourth-order valence-electron chi connectivity index (χ4n) is 2.19. The van der Waals surface area contributed by atoms with Gasteiger partial charge < -0.3 is 18.0 Å². The summed E-state index contributed by atoms with van der Waals surface area (Å²) >= 11 is 0. The quantitative estimate of drug-likeness (QED) is 0.375. The Kier molecular flexibility index (Phi) is 8.33. The summed E-state index contributed by atoms with van der Waals surface area (Å²) in [7, 11) is -2.60. The highest BCUT2D eigenvalue weighted by atomic mass is 28.4. The Morgan fingerprint density at radius 1 is 0.955 bits per heavy atom. The highest BCUT2D eigenvalue weighted by Gasteiger charge is 2.39. The van der Waals surface area contributed by atoms with Gasteiger partial charge in [0.1, 0.15) is 5.75 Å². The van der Waals surface area contributed by atoms with E-state index in [1.165, 1.54) is 6.92 Å². The largest absolute Gasteiger partial charge is 0.501 e. The number of aryl methyl sites for hydroxylation is 1. The molecule has 0 saturated heterocycles. The second kappa shape index (κ2) is 9.73. The van der Waals surface area contributed by atoms with E-state index in [0.29, 0.717) is 25.6 Å². The van der Waals surface area contributed by atoms with E-state index in [9.17, 15) is 4.79 Å². The van der Waals surface area contributed by atoms with E-state index in [1.54, 1.807) is 12.1 Å². The van der Waals surface area contributed by atoms with E-state index in [1.807, 2.05) is 32.9 Å². The molecule has 0 spiro atoms. The average Bonchev–Trinajstić information content (AvgIpc) is 2.47. The zero-order valence-corrected chi connectivity index (χ0v) is 14.9. The van der Waals surface area contributed by atoms with Gasteiger partial charge in [0.2, 0.25) is 0 Å². The van der Waals surface area contributed by atoms with Gasteiger partial charge in [0.25, 0.3) is 0 Å². The maximum absolute atomic E-state index is 10.9. The predicted octanol–water partition coefficient (Wildman–Crippen LogP) is 3.20. The van der Waals surface area contributed by atoms with Gasteiger partial charge in [0.15, 0.2) is 0 Å². The van der Waals surface area contributed by atoms with Crippen molar-refractivity contribution in [2.45, 2.75) is 40.2 Å². The van der Waals surface area contributed by atoms with Gasteiger partial charge in [0, 0.05) is 32.8 Å². The molecule has 0 unspecified atom stereocenters. The molecule has 0 fully saturated rings. The lowest BCUT2D eigenvalue weighted by molar-refractivity contribution is -0.131. The Morgan fingerprint density at radius 2 is 1.45 bits per heavy atom. The molecular weight excluding hydrogens is 300 g/mol. The fourth-order valence-corrected chi connectivity index (χ4v) is 4.79. The van der Waals surface area contributed by atoms with Crippen LogP contribution in [0.1, 0.15) is 33.3 Å². The average molecular weight is 326 g/mol. The summed E-state index contributed by atoms with van der Waals surface area (Å²) in [5.74, 6) is 0.238. The molecule has 0 aromatic heterocycles. The monoisotopic (exact) mass is 326 g/mol. The van der Waals surface area contributed by atoms with Crippen LogP contribution < -0.4 is 4.74 Å². The Balaban J connectivity index is 2.68. The number of benzene rings is 1. The molecule has 0 atom stereocenters. The van der Waals surface area contributed by atoms with Crippen LogP contribution in [0.3, 0.4) is 0 Å². The SMILES string of the molecule is CCO[Si](CCc1ccc(OC(C)=O)cc1)(OCC)OCC. The van der Waals surface area contributed by atoms with Crippen molar-refractivity contribution in [2.24, 2.45) is 0 Å². The van der Waals surface area contributed by atoms with E-state index in [-0.39, 0.29) is 5.97 Å². The van der Waals surface area contributed by atoms with Crippen LogP contribution in [-0.4, -0.2) is 34.6 Å². The first-order valence-electron chi connectivity index (χ1n) is 7.74. The molecule has 0 bridgehead atoms. The van der Waals surface area contributed by atoms with Crippen LogP contribution in [0.15, 0.2) is 24.3 Å². The second-order valence-electron chi connectivity index (χ2n) is 4.72. The van der Waals surface area contributed by atoms with Crippen molar-refractivity contribution in [3.63, 3.8) is 0 Å². The highest BCUT2D eigenvalue weighted by molar-refractivity contribution is 6.60. The zero-order valence-electron chi connectivity index (χ0n) is 13.9. The molecule has 1 rings (SSSR count). The lowest BCUT2D eigenvalue weighted by Crippen LogP contribution is -2.46. The number of esters is 1. The number of hydrogen-bond donors (Lipinski definition) is 0. The summed E-state index contributed by atoms with van der Waals surface area (Å²) in [6, 6.07) is 8.21. The molecule has 0 amide bonds. The van der Waals surface area contributed by atoms with Gasteiger partial charge in [-0.3, -0.25) is 4.79 Å². The van der Waals surface area contributed by atoms with E-state index in [2.05, 4.69) is 0 Å². The van der Waals surface area contributed by atoms with Crippen molar-refractivity contribution in [3.8, 4) is 5.75 Å². The first-order valence-corrected chi connectivity index (χ1v) is 9.67. The molecule has 124 valence electrons. The zero-order chi connectivity index (χ0) is 16.4. The van der Waals surface area contributed by atoms with Crippen LogP contribution in [0.2, 0.25) is 6.04 Å². The lowest BCUT2D eigenvalue weighted by Gasteiger charge is -2.28. The van der Waals surface area contributed by atoms with Gasteiger partial charge in [-0.15, -0.1) is 0 Å². The van der Waals surface area contributed by atoms with Crippen molar-refractivity contribution in [2.75, 3.05) is 19.8 Å². The first-order chi connectivity index (χ1) is 10.5. The highest BCUT2D eigenvalue weighted by Crippen LogP contribution is 2.21. The lowest BCUT2D eigenvalue weighted by atomic mass is 10.2. The fraction of sp³-hybridized carbons (Fsp3) is 0.562. The molecule has 0 N–H and O–H groups in total. The molecule has 0 saturated carbocycles. The second-order valence-corrected chi connectivity index (χ2v) is 7.45. The van der Waals surface area contributed by atoms with Crippen molar-refractivity contribution < 1.29 is 22.8 Å². The van der Waals surface area contributed by atoms with Crippen molar-refractivity contribution in [1.29, 1.82) is 0 Å². The summed E-state index contributed by atoms with van der Waals surface area (Å²) in [4.78, 5) is 10.9. The Morgan fingerprint density at radius 3 is 1.86 bits per heavy atom. The molecule has 0 aliphatic rings. The van der Waals surface area contributed by atoms with Crippen LogP contribution in [0, 0.1) is 0 Å². The van der Waals surface area contributed by atoms with Crippen LogP contribution in [0.4, 0.5) is 0 Å². The molecule has 1 aromatic carbocycles. The van der Waals surface area contributed by atoms with E-state index in [0.717, 1.165) is 18.0 Å². The molecule has 1 aromatic rings. The van der Waals surface area contributed by atoms with Crippen molar-refractivity contribution in [3.05, 3.63) is 29.8 Å². The summed E-state index contributed by atoms with van der Waals surface area (Å²) in [5, 5.41) is 0. The van der Waals surface area contributed by atoms with Crippen LogP contribution in [-0.2, 0) is 24.5 Å². The molecular formula is C16H26O5Si. The van der Waals surface area contributed by atoms with Gasteiger partial charge in [-0.1, -0.05) is 12.1 Å². The third-order valence-corrected chi connectivity index (χ3v) is 6.05. The molecule has 0 aliphatic heterocycles. The summed E-state index contributed by atoms with van der Waals surface area (Å²) in [5.41, 5.74) is 1.13. The molecule has 0 heterocycles. The van der Waals surface area contributed by atoms with Gasteiger partial charge in [-0.05, 0) is 44.9 Å². The smallest absolute Gasteiger partial charge is 0.427 e. The minimum absolute atomic E-state index is 0.316. The third-order valence-electron chi connectivity index (χ3n) is 3.00. The normalized spacial score (nSPS) is 11.5. The number of carbonyl (C=O) groups excluding carboxylic acids is 1. The number of carbonyl (C=O) groups is 1. The first kappa shape index (κ1) is 18.8. The topological polar surface area (TPSA) is 54.0 Å². The standard InChI is InChI=1S/C16H26O5Si/c1-5-18-22(19-6-2,20-7-3)13-12-15-8-10-16(11-9-15)21-14(4)17/h8-11H,5-7,12-13H2,1-4H3. The minimum Gasteiger partial charge on any atom is -0.427 e. The Bertz CT molecular complexity index is 429. The van der Waals surface area contributed by atoms with Crippen molar-refractivity contribution in [1.82, 2.24) is 0 Å². The van der Waals surface area contributed by atoms with Gasteiger partial charge in [0.05, 0.1) is 0 Å². The van der Waals surface area contributed by atoms with E-state index >= 15 is 0 Å². The maximum atomic E-state index is 10.9. The Hall–Kier alpha value is -1.21. The Labute approximate surface area is 133 Å². The maximum Gasteiger partial charge on any atom is 0.501 e.